The number of anilines is 1. The lowest BCUT2D eigenvalue weighted by Gasteiger charge is -2.23. The van der Waals surface area contributed by atoms with Crippen molar-refractivity contribution in [2.45, 2.75) is 12.5 Å². The lowest BCUT2D eigenvalue weighted by molar-refractivity contribution is -0.132. The molecule has 0 saturated carbocycles. The molecule has 2 aromatic carbocycles. The first-order valence-electron chi connectivity index (χ1n) is 8.84. The van der Waals surface area contributed by atoms with Gasteiger partial charge in [-0.1, -0.05) is 24.3 Å². The van der Waals surface area contributed by atoms with Gasteiger partial charge < -0.3 is 19.3 Å². The third-order valence-corrected chi connectivity index (χ3v) is 4.88. The number of hydrogen-bond donors (Lipinski definition) is 0. The van der Waals surface area contributed by atoms with Crippen molar-refractivity contribution in [1.82, 2.24) is 4.90 Å². The van der Waals surface area contributed by atoms with Gasteiger partial charge in [0.1, 0.15) is 6.04 Å². The maximum atomic E-state index is 12.7. The quantitative estimate of drug-likeness (QED) is 0.783. The largest absolute Gasteiger partial charge is 0.454 e. The van der Waals surface area contributed by atoms with E-state index in [-0.39, 0.29) is 18.6 Å². The van der Waals surface area contributed by atoms with Crippen LogP contribution in [0.25, 0.3) is 6.08 Å². The van der Waals surface area contributed by atoms with Gasteiger partial charge >= 0.3 is 0 Å². The second-order valence-corrected chi connectivity index (χ2v) is 6.53. The lowest BCUT2D eigenvalue weighted by Crippen LogP contribution is -2.42. The minimum atomic E-state index is -0.445. The molecule has 2 heterocycles. The van der Waals surface area contributed by atoms with Crippen molar-refractivity contribution in [3.05, 3.63) is 60.2 Å². The van der Waals surface area contributed by atoms with Crippen molar-refractivity contribution in [3.63, 3.8) is 0 Å². The molecule has 0 bridgehead atoms. The summed E-state index contributed by atoms with van der Waals surface area (Å²) in [6.45, 7) is 0.822. The Labute approximate surface area is 157 Å². The highest BCUT2D eigenvalue weighted by Gasteiger charge is 2.36. The SMILES string of the molecule is CN(C(=O)C=Cc1ccc2c(c1)OCO2)C1CCN(c2ccccc2)C1=O. The molecule has 0 N–H and O–H groups in total. The van der Waals surface area contributed by atoms with E-state index < -0.39 is 6.04 Å². The van der Waals surface area contributed by atoms with E-state index in [1.807, 2.05) is 48.5 Å². The summed E-state index contributed by atoms with van der Waals surface area (Å²) in [4.78, 5) is 28.5. The van der Waals surface area contributed by atoms with Gasteiger partial charge in [0.15, 0.2) is 11.5 Å². The van der Waals surface area contributed by atoms with Gasteiger partial charge in [0.2, 0.25) is 18.6 Å². The van der Waals surface area contributed by atoms with Crippen molar-refractivity contribution in [2.75, 3.05) is 25.3 Å². The predicted molar refractivity (Wildman–Crippen MR) is 102 cm³/mol. The second kappa shape index (κ2) is 7.15. The van der Waals surface area contributed by atoms with E-state index in [9.17, 15) is 9.59 Å². The van der Waals surface area contributed by atoms with Crippen LogP contribution in [0.2, 0.25) is 0 Å². The van der Waals surface area contributed by atoms with Gasteiger partial charge in [-0.05, 0) is 42.3 Å². The van der Waals surface area contributed by atoms with Crippen LogP contribution in [0.3, 0.4) is 0 Å². The number of ether oxygens (including phenoxy) is 2. The van der Waals surface area contributed by atoms with Crippen LogP contribution in [0, 0.1) is 0 Å². The number of carbonyl (C=O) groups excluding carboxylic acids is 2. The van der Waals surface area contributed by atoms with Crippen LogP contribution in [0.1, 0.15) is 12.0 Å². The first-order chi connectivity index (χ1) is 13.1. The van der Waals surface area contributed by atoms with Gasteiger partial charge in [0.05, 0.1) is 0 Å². The van der Waals surface area contributed by atoms with Crippen molar-refractivity contribution < 1.29 is 19.1 Å². The van der Waals surface area contributed by atoms with Crippen LogP contribution < -0.4 is 14.4 Å². The molecule has 0 aliphatic carbocycles. The van der Waals surface area contributed by atoms with Gasteiger partial charge in [-0.25, -0.2) is 0 Å². The molecule has 0 spiro atoms. The molecule has 1 unspecified atom stereocenters. The maximum absolute atomic E-state index is 12.7. The Morgan fingerprint density at radius 3 is 2.74 bits per heavy atom. The van der Waals surface area contributed by atoms with Crippen LogP contribution >= 0.6 is 0 Å². The highest BCUT2D eigenvalue weighted by Crippen LogP contribution is 2.32. The van der Waals surface area contributed by atoms with E-state index >= 15 is 0 Å². The number of hydrogen-bond acceptors (Lipinski definition) is 4. The third-order valence-electron chi connectivity index (χ3n) is 4.88. The highest BCUT2D eigenvalue weighted by atomic mass is 16.7. The number of benzene rings is 2. The zero-order chi connectivity index (χ0) is 18.8. The highest BCUT2D eigenvalue weighted by molar-refractivity contribution is 6.03. The summed E-state index contributed by atoms with van der Waals surface area (Å²) in [5.41, 5.74) is 1.70. The molecule has 2 aromatic rings. The number of rotatable bonds is 4. The standard InChI is InChI=1S/C21H20N2O4/c1-22(17-11-12-23(21(17)25)16-5-3-2-4-6-16)20(24)10-8-15-7-9-18-19(13-15)27-14-26-18/h2-10,13,17H,11-12,14H2,1H3. The molecular formula is C21H20N2O4. The predicted octanol–water partition coefficient (Wildman–Crippen LogP) is 2.69. The molecule has 2 aliphatic heterocycles. The summed E-state index contributed by atoms with van der Waals surface area (Å²) in [7, 11) is 1.67. The average molecular weight is 364 g/mol. The smallest absolute Gasteiger partial charge is 0.249 e. The zero-order valence-electron chi connectivity index (χ0n) is 15.0. The Balaban J connectivity index is 1.42. The number of amides is 2. The molecular weight excluding hydrogens is 344 g/mol. The summed E-state index contributed by atoms with van der Waals surface area (Å²) in [6, 6.07) is 14.6. The fourth-order valence-electron chi connectivity index (χ4n) is 3.34. The zero-order valence-corrected chi connectivity index (χ0v) is 15.0. The summed E-state index contributed by atoms with van der Waals surface area (Å²) in [5, 5.41) is 0. The van der Waals surface area contributed by atoms with Crippen molar-refractivity contribution >= 4 is 23.6 Å². The molecule has 0 aromatic heterocycles. The Morgan fingerprint density at radius 2 is 1.93 bits per heavy atom. The van der Waals surface area contributed by atoms with Crippen LogP contribution in [0.15, 0.2) is 54.6 Å². The molecule has 6 heteroatoms. The molecule has 27 heavy (non-hydrogen) atoms. The van der Waals surface area contributed by atoms with E-state index in [1.165, 1.54) is 11.0 Å². The number of para-hydroxylation sites is 1. The lowest BCUT2D eigenvalue weighted by atomic mass is 10.1. The van der Waals surface area contributed by atoms with Gasteiger partial charge in [0.25, 0.3) is 0 Å². The number of carbonyl (C=O) groups is 2. The topological polar surface area (TPSA) is 59.1 Å². The fraction of sp³-hybridized carbons (Fsp3) is 0.238. The van der Waals surface area contributed by atoms with Gasteiger partial charge in [-0.15, -0.1) is 0 Å². The first kappa shape index (κ1) is 17.1. The van der Waals surface area contributed by atoms with Crippen LogP contribution in [0.5, 0.6) is 11.5 Å². The molecule has 1 atom stereocenters. The number of nitrogens with zero attached hydrogens (tertiary/aromatic N) is 2. The molecule has 0 radical (unpaired) electrons. The summed E-state index contributed by atoms with van der Waals surface area (Å²) < 4.78 is 10.6. The van der Waals surface area contributed by atoms with Crippen LogP contribution in [0.4, 0.5) is 5.69 Å². The van der Waals surface area contributed by atoms with Crippen LogP contribution in [-0.2, 0) is 9.59 Å². The second-order valence-electron chi connectivity index (χ2n) is 6.53. The first-order valence-corrected chi connectivity index (χ1v) is 8.84. The minimum absolute atomic E-state index is 0.0477. The molecule has 6 nitrogen and oxygen atoms in total. The van der Waals surface area contributed by atoms with Crippen molar-refractivity contribution in [3.8, 4) is 11.5 Å². The molecule has 1 fully saturated rings. The molecule has 2 amide bonds. The van der Waals surface area contributed by atoms with E-state index in [4.69, 9.17) is 9.47 Å². The summed E-state index contributed by atoms with van der Waals surface area (Å²) in [6.07, 6.45) is 3.82. The van der Waals surface area contributed by atoms with Crippen molar-refractivity contribution in [1.29, 1.82) is 0 Å². The Morgan fingerprint density at radius 1 is 1.15 bits per heavy atom. The Bertz CT molecular complexity index is 894. The van der Waals surface area contributed by atoms with Gasteiger partial charge in [-0.3, -0.25) is 9.59 Å². The van der Waals surface area contributed by atoms with E-state index in [0.717, 1.165) is 11.3 Å². The molecule has 1 saturated heterocycles. The molecule has 138 valence electrons. The van der Waals surface area contributed by atoms with Gasteiger partial charge in [-0.2, -0.15) is 0 Å². The third kappa shape index (κ3) is 3.38. The summed E-state index contributed by atoms with van der Waals surface area (Å²) in [5.74, 6) is 1.12. The Hall–Kier alpha value is -3.28. The Kier molecular flexibility index (Phi) is 4.54. The monoisotopic (exact) mass is 364 g/mol. The number of likely N-dealkylation sites (N-methyl/N-ethyl adjacent to an activating group) is 1. The molecule has 2 aliphatic rings. The maximum Gasteiger partial charge on any atom is 0.249 e. The average Bonchev–Trinajstić information content (AvgIpc) is 3.32. The van der Waals surface area contributed by atoms with Crippen molar-refractivity contribution in [2.24, 2.45) is 0 Å². The molecule has 4 rings (SSSR count). The minimum Gasteiger partial charge on any atom is -0.454 e. The van der Waals surface area contributed by atoms with E-state index in [0.29, 0.717) is 24.5 Å². The van der Waals surface area contributed by atoms with Crippen LogP contribution in [-0.4, -0.2) is 43.1 Å². The normalized spacial score (nSPS) is 18.3. The van der Waals surface area contributed by atoms with E-state index in [2.05, 4.69) is 0 Å². The van der Waals surface area contributed by atoms with Gasteiger partial charge in [0, 0.05) is 25.4 Å². The fourth-order valence-corrected chi connectivity index (χ4v) is 3.34. The van der Waals surface area contributed by atoms with E-state index in [1.54, 1.807) is 18.0 Å². The summed E-state index contributed by atoms with van der Waals surface area (Å²) >= 11 is 0. The number of fused-ring (bicyclic) bond motifs is 1.